The van der Waals surface area contributed by atoms with Crippen LogP contribution in [0.15, 0.2) is 0 Å². The Labute approximate surface area is 73.0 Å². The third-order valence-corrected chi connectivity index (χ3v) is 1.73. The van der Waals surface area contributed by atoms with Crippen molar-refractivity contribution in [3.8, 4) is 0 Å². The minimum Gasteiger partial charge on any atom is -0.311 e. The van der Waals surface area contributed by atoms with E-state index in [9.17, 15) is 10.1 Å². The summed E-state index contributed by atoms with van der Waals surface area (Å²) < 4.78 is 0. The van der Waals surface area contributed by atoms with Crippen LogP contribution >= 0.6 is 0 Å². The van der Waals surface area contributed by atoms with Gasteiger partial charge >= 0.3 is 0 Å². The summed E-state index contributed by atoms with van der Waals surface area (Å²) in [5.41, 5.74) is 0. The maximum atomic E-state index is 9.88. The first-order chi connectivity index (χ1) is 5.66. The topological polar surface area (TPSA) is 52.4 Å². The summed E-state index contributed by atoms with van der Waals surface area (Å²) >= 11 is 0. The first-order valence-electron chi connectivity index (χ1n) is 4.48. The highest BCUT2D eigenvalue weighted by Gasteiger charge is 2.05. The van der Waals surface area contributed by atoms with Gasteiger partial charge in [0.2, 0.25) is 0 Å². The normalized spacial score (nSPS) is 12.5. The average molecular weight is 175 g/mol. The number of hydrogen-bond donors (Lipinski definition) is 0. The molecule has 0 spiro atoms. The van der Waals surface area contributed by atoms with Crippen molar-refractivity contribution >= 4 is 0 Å². The highest BCUT2D eigenvalue weighted by atomic mass is 17.0. The van der Waals surface area contributed by atoms with E-state index in [0.29, 0.717) is 0 Å². The molecule has 4 heteroatoms. The molecule has 0 amide bonds. The largest absolute Gasteiger partial charge is 0.311 e. The van der Waals surface area contributed by atoms with E-state index in [0.717, 1.165) is 19.3 Å². The van der Waals surface area contributed by atoms with E-state index in [4.69, 9.17) is 0 Å². The van der Waals surface area contributed by atoms with Gasteiger partial charge < -0.3 is 4.84 Å². The van der Waals surface area contributed by atoms with Crippen molar-refractivity contribution in [2.75, 3.05) is 0 Å². The second-order valence-corrected chi connectivity index (χ2v) is 2.99. The molecule has 1 unspecified atom stereocenters. The molecule has 0 heterocycles. The van der Waals surface area contributed by atoms with Crippen LogP contribution in [0.4, 0.5) is 0 Å². The lowest BCUT2D eigenvalue weighted by Crippen LogP contribution is -2.12. The fourth-order valence-corrected chi connectivity index (χ4v) is 1.06. The van der Waals surface area contributed by atoms with Gasteiger partial charge in [-0.25, -0.2) is 0 Å². The summed E-state index contributed by atoms with van der Waals surface area (Å²) in [6.45, 7) is 3.87. The second kappa shape index (κ2) is 6.88. The Bertz CT molecular complexity index is 127. The van der Waals surface area contributed by atoms with E-state index in [1.165, 1.54) is 12.8 Å². The SMILES string of the molecule is CCCCCCC(C)O[N+](=O)[O-]. The molecule has 12 heavy (non-hydrogen) atoms. The van der Waals surface area contributed by atoms with Crippen LogP contribution in [0.2, 0.25) is 0 Å². The number of unbranched alkanes of at least 4 members (excludes halogenated alkanes) is 3. The van der Waals surface area contributed by atoms with Crippen LogP contribution in [-0.2, 0) is 4.84 Å². The molecule has 0 aromatic rings. The van der Waals surface area contributed by atoms with E-state index < -0.39 is 5.09 Å². The monoisotopic (exact) mass is 175 g/mol. The lowest BCUT2D eigenvalue weighted by Gasteiger charge is -2.07. The third-order valence-electron chi connectivity index (χ3n) is 1.73. The Morgan fingerprint density at radius 3 is 2.58 bits per heavy atom. The molecule has 0 fully saturated rings. The Hall–Kier alpha value is -0.800. The second-order valence-electron chi connectivity index (χ2n) is 2.99. The highest BCUT2D eigenvalue weighted by molar-refractivity contribution is 4.48. The summed E-state index contributed by atoms with van der Waals surface area (Å²) in [4.78, 5) is 14.2. The molecule has 0 saturated heterocycles. The van der Waals surface area contributed by atoms with E-state index in [-0.39, 0.29) is 6.10 Å². The van der Waals surface area contributed by atoms with Gasteiger partial charge in [0.25, 0.3) is 5.09 Å². The van der Waals surface area contributed by atoms with Gasteiger partial charge in [0.15, 0.2) is 0 Å². The molecule has 0 aliphatic rings. The van der Waals surface area contributed by atoms with Crippen molar-refractivity contribution in [3.05, 3.63) is 10.1 Å². The van der Waals surface area contributed by atoms with Gasteiger partial charge in [0.1, 0.15) is 6.10 Å². The Balaban J connectivity index is 3.19. The van der Waals surface area contributed by atoms with Gasteiger partial charge in [-0.3, -0.25) is 0 Å². The standard InChI is InChI=1S/C8H17NO3/c1-3-4-5-6-7-8(2)12-9(10)11/h8H,3-7H2,1-2H3. The van der Waals surface area contributed by atoms with Crippen LogP contribution in [0, 0.1) is 10.1 Å². The zero-order valence-corrected chi connectivity index (χ0v) is 7.78. The Morgan fingerprint density at radius 2 is 2.08 bits per heavy atom. The fraction of sp³-hybridized carbons (Fsp3) is 1.00. The molecule has 0 aromatic heterocycles. The average Bonchev–Trinajstić information content (AvgIpc) is 1.97. The predicted molar refractivity (Wildman–Crippen MR) is 46.3 cm³/mol. The maximum absolute atomic E-state index is 9.88. The van der Waals surface area contributed by atoms with Crippen molar-refractivity contribution in [1.29, 1.82) is 0 Å². The smallest absolute Gasteiger partial charge is 0.294 e. The highest BCUT2D eigenvalue weighted by Crippen LogP contribution is 2.07. The predicted octanol–water partition coefficient (Wildman–Crippen LogP) is 2.55. The van der Waals surface area contributed by atoms with E-state index in [1.807, 2.05) is 0 Å². The quantitative estimate of drug-likeness (QED) is 0.339. The van der Waals surface area contributed by atoms with Crippen LogP contribution < -0.4 is 0 Å². The summed E-state index contributed by atoms with van der Waals surface area (Å²) in [6.07, 6.45) is 5.07. The van der Waals surface area contributed by atoms with Crippen LogP contribution in [0.5, 0.6) is 0 Å². The lowest BCUT2D eigenvalue weighted by atomic mass is 10.1. The van der Waals surface area contributed by atoms with Gasteiger partial charge in [0, 0.05) is 0 Å². The van der Waals surface area contributed by atoms with Gasteiger partial charge in [-0.15, -0.1) is 10.1 Å². The summed E-state index contributed by atoms with van der Waals surface area (Å²) in [5.74, 6) is 0. The van der Waals surface area contributed by atoms with E-state index in [1.54, 1.807) is 6.92 Å². The molecule has 0 rings (SSSR count). The van der Waals surface area contributed by atoms with Gasteiger partial charge in [-0.05, 0) is 13.3 Å². The molecular weight excluding hydrogens is 158 g/mol. The van der Waals surface area contributed by atoms with Crippen LogP contribution in [0.1, 0.15) is 46.0 Å². The van der Waals surface area contributed by atoms with Crippen molar-refractivity contribution in [2.45, 2.75) is 52.1 Å². The minimum atomic E-state index is -0.718. The zero-order valence-electron chi connectivity index (χ0n) is 7.78. The molecule has 0 aromatic carbocycles. The van der Waals surface area contributed by atoms with E-state index in [2.05, 4.69) is 11.8 Å². The maximum Gasteiger partial charge on any atom is 0.294 e. The van der Waals surface area contributed by atoms with Crippen LogP contribution in [0.25, 0.3) is 0 Å². The molecule has 1 atom stereocenters. The third kappa shape index (κ3) is 7.31. The first-order valence-corrected chi connectivity index (χ1v) is 4.48. The molecule has 0 aliphatic carbocycles. The van der Waals surface area contributed by atoms with E-state index >= 15 is 0 Å². The summed E-state index contributed by atoms with van der Waals surface area (Å²) in [5, 5.41) is 9.16. The molecule has 0 saturated carbocycles. The Morgan fingerprint density at radius 1 is 1.42 bits per heavy atom. The zero-order chi connectivity index (χ0) is 9.40. The number of rotatable bonds is 7. The van der Waals surface area contributed by atoms with Gasteiger partial charge in [-0.2, -0.15) is 0 Å². The minimum absolute atomic E-state index is 0.253. The van der Waals surface area contributed by atoms with Crippen molar-refractivity contribution < 1.29 is 9.92 Å². The number of hydrogen-bond acceptors (Lipinski definition) is 3. The molecule has 0 radical (unpaired) electrons. The van der Waals surface area contributed by atoms with Crippen molar-refractivity contribution in [2.24, 2.45) is 0 Å². The molecule has 4 nitrogen and oxygen atoms in total. The van der Waals surface area contributed by atoms with Crippen molar-refractivity contribution in [1.82, 2.24) is 0 Å². The van der Waals surface area contributed by atoms with Crippen LogP contribution in [-0.4, -0.2) is 11.2 Å². The molecular formula is C8H17NO3. The lowest BCUT2D eigenvalue weighted by molar-refractivity contribution is -0.767. The summed E-state index contributed by atoms with van der Waals surface area (Å²) in [7, 11) is 0. The molecule has 0 aliphatic heterocycles. The van der Waals surface area contributed by atoms with Gasteiger partial charge in [0.05, 0.1) is 0 Å². The molecule has 72 valence electrons. The fourth-order valence-electron chi connectivity index (χ4n) is 1.06. The summed E-state index contributed by atoms with van der Waals surface area (Å²) in [6, 6.07) is 0. The van der Waals surface area contributed by atoms with Gasteiger partial charge in [-0.1, -0.05) is 32.6 Å². The Kier molecular flexibility index (Phi) is 6.42. The molecule has 0 N–H and O–H groups in total. The first kappa shape index (κ1) is 11.2. The number of nitrogens with zero attached hydrogens (tertiary/aromatic N) is 1. The van der Waals surface area contributed by atoms with Crippen LogP contribution in [0.3, 0.4) is 0 Å². The van der Waals surface area contributed by atoms with Crippen molar-refractivity contribution in [3.63, 3.8) is 0 Å². The molecule has 0 bridgehead atoms.